The molecule has 4 aromatic rings. The van der Waals surface area contributed by atoms with Crippen LogP contribution in [0.1, 0.15) is 50.3 Å². The number of amides is 4. The summed E-state index contributed by atoms with van der Waals surface area (Å²) in [4.78, 5) is 57.4. The maximum absolute atomic E-state index is 13.2. The van der Waals surface area contributed by atoms with Crippen LogP contribution in [-0.2, 0) is 4.74 Å². The van der Waals surface area contributed by atoms with Gasteiger partial charge in [-0.05, 0) is 86.9 Å². The third-order valence-electron chi connectivity index (χ3n) is 9.18. The second kappa shape index (κ2) is 18.6. The smallest absolute Gasteiger partial charge is 0.411 e. The SMILES string of the molecule is CNCCCN(C)C(=O)c1cccc(NC(=O)c2ccc(C(=O)N(C)CCN3CCC(OC(=O)Nc4ccccc4-c4ccccc4)CC3)cc2)c1. The van der Waals surface area contributed by atoms with Crippen LogP contribution in [0.25, 0.3) is 11.1 Å². The number of hydrogen-bond acceptors (Lipinski definition) is 7. The Labute approximate surface area is 305 Å². The van der Waals surface area contributed by atoms with Gasteiger partial charge in [-0.2, -0.15) is 0 Å². The van der Waals surface area contributed by atoms with E-state index in [-0.39, 0.29) is 23.8 Å². The fourth-order valence-corrected chi connectivity index (χ4v) is 6.13. The molecule has 0 bridgehead atoms. The summed E-state index contributed by atoms with van der Waals surface area (Å²) in [6.07, 6.45) is 1.62. The number of carbonyl (C=O) groups excluding carboxylic acids is 4. The summed E-state index contributed by atoms with van der Waals surface area (Å²) in [5.74, 6) is -0.580. The minimum absolute atomic E-state index is 0.112. The molecule has 11 nitrogen and oxygen atoms in total. The second-order valence-corrected chi connectivity index (χ2v) is 13.0. The number of piperidine rings is 1. The molecule has 272 valence electrons. The Morgan fingerprint density at radius 2 is 1.38 bits per heavy atom. The summed E-state index contributed by atoms with van der Waals surface area (Å²) in [5.41, 5.74) is 4.55. The maximum atomic E-state index is 13.2. The zero-order valence-electron chi connectivity index (χ0n) is 30.1. The summed E-state index contributed by atoms with van der Waals surface area (Å²) in [5, 5.41) is 8.84. The molecule has 3 N–H and O–H groups in total. The lowest BCUT2D eigenvalue weighted by Gasteiger charge is -2.32. The number of benzene rings is 4. The molecule has 52 heavy (non-hydrogen) atoms. The summed E-state index contributed by atoms with van der Waals surface area (Å²) in [7, 11) is 5.41. The second-order valence-electron chi connectivity index (χ2n) is 13.0. The van der Waals surface area contributed by atoms with Gasteiger partial charge in [-0.15, -0.1) is 0 Å². The normalized spacial score (nSPS) is 13.2. The van der Waals surface area contributed by atoms with Crippen LogP contribution in [0, 0.1) is 0 Å². The van der Waals surface area contributed by atoms with E-state index in [9.17, 15) is 19.2 Å². The van der Waals surface area contributed by atoms with Crippen molar-refractivity contribution in [2.24, 2.45) is 0 Å². The maximum Gasteiger partial charge on any atom is 0.411 e. The number of carbonyl (C=O) groups is 4. The molecule has 0 atom stereocenters. The Morgan fingerprint density at radius 1 is 0.731 bits per heavy atom. The van der Waals surface area contributed by atoms with E-state index in [4.69, 9.17) is 4.74 Å². The largest absolute Gasteiger partial charge is 0.446 e. The topological polar surface area (TPSA) is 123 Å². The zero-order valence-corrected chi connectivity index (χ0v) is 30.1. The number of hydrogen-bond donors (Lipinski definition) is 3. The van der Waals surface area contributed by atoms with Crippen LogP contribution in [0.15, 0.2) is 103 Å². The van der Waals surface area contributed by atoms with E-state index in [0.717, 1.165) is 37.2 Å². The zero-order chi connectivity index (χ0) is 36.9. The van der Waals surface area contributed by atoms with Gasteiger partial charge in [0.1, 0.15) is 6.10 Å². The van der Waals surface area contributed by atoms with Crippen LogP contribution >= 0.6 is 0 Å². The lowest BCUT2D eigenvalue weighted by atomic mass is 10.0. The predicted octanol–water partition coefficient (Wildman–Crippen LogP) is 6.07. The molecule has 11 heteroatoms. The third kappa shape index (κ3) is 10.5. The highest BCUT2D eigenvalue weighted by Gasteiger charge is 2.24. The van der Waals surface area contributed by atoms with Gasteiger partial charge in [0.25, 0.3) is 17.7 Å². The molecule has 4 aromatic carbocycles. The van der Waals surface area contributed by atoms with Crippen LogP contribution in [0.3, 0.4) is 0 Å². The molecule has 1 saturated heterocycles. The number of rotatable bonds is 14. The molecule has 4 amide bonds. The first-order chi connectivity index (χ1) is 25.2. The lowest BCUT2D eigenvalue weighted by Crippen LogP contribution is -2.42. The van der Waals surface area contributed by atoms with Crippen LogP contribution in [-0.4, -0.2) is 105 Å². The Morgan fingerprint density at radius 3 is 2.12 bits per heavy atom. The average molecular weight is 705 g/mol. The number of likely N-dealkylation sites (N-methyl/N-ethyl adjacent to an activating group) is 1. The van der Waals surface area contributed by atoms with Gasteiger partial charge in [-0.1, -0.05) is 54.6 Å². The van der Waals surface area contributed by atoms with E-state index in [2.05, 4.69) is 20.9 Å². The van der Waals surface area contributed by atoms with E-state index >= 15 is 0 Å². The van der Waals surface area contributed by atoms with Gasteiger partial charge in [0.05, 0.1) is 5.69 Å². The van der Waals surface area contributed by atoms with Gasteiger partial charge in [-0.3, -0.25) is 19.7 Å². The Hall–Kier alpha value is -5.52. The Kier molecular flexibility index (Phi) is 13.5. The van der Waals surface area contributed by atoms with Crippen LogP contribution in [0.5, 0.6) is 0 Å². The quantitative estimate of drug-likeness (QED) is 0.136. The lowest BCUT2D eigenvalue weighted by molar-refractivity contribution is 0.0540. The average Bonchev–Trinajstić information content (AvgIpc) is 3.17. The summed E-state index contributed by atoms with van der Waals surface area (Å²) >= 11 is 0. The van der Waals surface area contributed by atoms with Crippen LogP contribution < -0.4 is 16.0 Å². The van der Waals surface area contributed by atoms with E-state index in [1.807, 2.05) is 61.6 Å². The molecule has 5 rings (SSSR count). The van der Waals surface area contributed by atoms with Gasteiger partial charge in [-0.25, -0.2) is 4.79 Å². The van der Waals surface area contributed by atoms with Crippen LogP contribution in [0.2, 0.25) is 0 Å². The molecule has 0 aromatic heterocycles. The molecule has 1 heterocycles. The number of anilines is 2. The van der Waals surface area contributed by atoms with E-state index in [0.29, 0.717) is 60.5 Å². The highest BCUT2D eigenvalue weighted by atomic mass is 16.6. The first-order valence-electron chi connectivity index (χ1n) is 17.7. The van der Waals surface area contributed by atoms with Gasteiger partial charge >= 0.3 is 6.09 Å². The molecule has 0 aliphatic carbocycles. The van der Waals surface area contributed by atoms with Crippen molar-refractivity contribution in [3.63, 3.8) is 0 Å². The summed E-state index contributed by atoms with van der Waals surface area (Å²) in [6, 6.07) is 31.0. The van der Waals surface area contributed by atoms with E-state index in [1.54, 1.807) is 72.4 Å². The minimum atomic E-state index is -0.462. The van der Waals surface area contributed by atoms with E-state index < -0.39 is 6.09 Å². The van der Waals surface area contributed by atoms with Crippen molar-refractivity contribution in [2.75, 3.05) is 71.0 Å². The molecule has 1 fully saturated rings. The first-order valence-corrected chi connectivity index (χ1v) is 17.7. The summed E-state index contributed by atoms with van der Waals surface area (Å²) < 4.78 is 5.77. The van der Waals surface area contributed by atoms with Crippen molar-refractivity contribution in [3.8, 4) is 11.1 Å². The predicted molar refractivity (Wildman–Crippen MR) is 205 cm³/mol. The van der Waals surface area contributed by atoms with Gasteiger partial charge in [0.2, 0.25) is 0 Å². The highest BCUT2D eigenvalue weighted by Crippen LogP contribution is 2.28. The van der Waals surface area contributed by atoms with Crippen molar-refractivity contribution in [2.45, 2.75) is 25.4 Å². The molecule has 0 saturated carbocycles. The fourth-order valence-electron chi connectivity index (χ4n) is 6.13. The fraction of sp³-hybridized carbons (Fsp3) is 0.317. The minimum Gasteiger partial charge on any atom is -0.446 e. The Balaban J connectivity index is 1.04. The summed E-state index contributed by atoms with van der Waals surface area (Å²) in [6.45, 7) is 4.19. The molecular weight excluding hydrogens is 656 g/mol. The Bertz CT molecular complexity index is 1810. The molecule has 1 aliphatic rings. The number of likely N-dealkylation sites (tertiary alicyclic amines) is 1. The number of para-hydroxylation sites is 1. The standard InChI is InChI=1S/C41H48N6O5/c1-42-23-10-24-45(2)40(50)33-13-9-14-34(29-33)43-38(48)31-17-19-32(20-18-31)39(49)46(3)27-28-47-25-21-35(22-26-47)52-41(51)44-37-16-8-7-15-36(37)30-11-5-4-6-12-30/h4-9,11-20,29,35,42H,10,21-28H2,1-3H3,(H,43,48)(H,44,51). The molecule has 0 spiro atoms. The van der Waals surface area contributed by atoms with Gasteiger partial charge in [0, 0.05) is 74.8 Å². The number of nitrogens with zero attached hydrogens (tertiary/aromatic N) is 3. The van der Waals surface area contributed by atoms with Crippen molar-refractivity contribution in [3.05, 3.63) is 120 Å². The van der Waals surface area contributed by atoms with Crippen molar-refractivity contribution < 1.29 is 23.9 Å². The molecule has 1 aliphatic heterocycles. The van der Waals surface area contributed by atoms with Gasteiger partial charge in [0.15, 0.2) is 0 Å². The van der Waals surface area contributed by atoms with E-state index in [1.165, 1.54) is 0 Å². The number of nitrogens with one attached hydrogen (secondary N) is 3. The first kappa shape index (κ1) is 37.7. The molecule has 0 radical (unpaired) electrons. The van der Waals surface area contributed by atoms with Crippen molar-refractivity contribution in [1.82, 2.24) is 20.0 Å². The van der Waals surface area contributed by atoms with Crippen molar-refractivity contribution in [1.29, 1.82) is 0 Å². The van der Waals surface area contributed by atoms with Crippen LogP contribution in [0.4, 0.5) is 16.2 Å². The van der Waals surface area contributed by atoms with Crippen molar-refractivity contribution >= 4 is 35.2 Å². The molecule has 0 unspecified atom stereocenters. The number of ether oxygens (including phenoxy) is 1. The van der Waals surface area contributed by atoms with Gasteiger partial charge < -0.3 is 30.1 Å². The highest BCUT2D eigenvalue weighted by molar-refractivity contribution is 6.06. The third-order valence-corrected chi connectivity index (χ3v) is 9.18. The monoisotopic (exact) mass is 704 g/mol. The molecular formula is C41H48N6O5.